The number of benzene rings is 8. The Hall–Kier alpha value is -7.63. The molecule has 3 aromatic heterocycles. The molecule has 5 heteroatoms. The quantitative estimate of drug-likeness (QED) is 0.175. The average Bonchev–Trinajstić information content (AvgIpc) is 3.93. The van der Waals surface area contributed by atoms with Crippen LogP contribution in [0.4, 0.5) is 0 Å². The Kier molecular flexibility index (Phi) is 7.20. The van der Waals surface area contributed by atoms with E-state index in [0.717, 1.165) is 77.3 Å². The van der Waals surface area contributed by atoms with E-state index in [4.69, 9.17) is 23.8 Å². The first-order chi connectivity index (χ1) is 29.0. The van der Waals surface area contributed by atoms with Gasteiger partial charge in [0.15, 0.2) is 17.5 Å². The van der Waals surface area contributed by atoms with Crippen LogP contribution < -0.4 is 0 Å². The average molecular weight is 758 g/mol. The van der Waals surface area contributed by atoms with Gasteiger partial charge in [-0.1, -0.05) is 141 Å². The summed E-state index contributed by atoms with van der Waals surface area (Å²) in [5.41, 5.74) is 15.7. The second kappa shape index (κ2) is 12.7. The first kappa shape index (κ1) is 33.5. The highest BCUT2D eigenvalue weighted by atomic mass is 16.3. The molecule has 1 aliphatic rings. The van der Waals surface area contributed by atoms with Gasteiger partial charge in [0.05, 0.1) is 0 Å². The Labute approximate surface area is 340 Å². The fraction of sp³-hybridized carbons (Fsp3) is 0.0556. The summed E-state index contributed by atoms with van der Waals surface area (Å²) >= 11 is 0. The molecule has 0 radical (unpaired) electrons. The maximum atomic E-state index is 6.55. The van der Waals surface area contributed by atoms with E-state index in [2.05, 4.69) is 147 Å². The van der Waals surface area contributed by atoms with Gasteiger partial charge in [-0.25, -0.2) is 15.0 Å². The van der Waals surface area contributed by atoms with Crippen LogP contribution in [-0.2, 0) is 5.41 Å². The molecule has 0 unspecified atom stereocenters. The summed E-state index contributed by atoms with van der Waals surface area (Å²) in [6.45, 7) is 4.64. The molecule has 0 amide bonds. The van der Waals surface area contributed by atoms with Crippen LogP contribution in [0.25, 0.3) is 111 Å². The van der Waals surface area contributed by atoms with Gasteiger partial charge < -0.3 is 8.83 Å². The molecule has 1 aliphatic carbocycles. The van der Waals surface area contributed by atoms with E-state index in [-0.39, 0.29) is 5.41 Å². The lowest BCUT2D eigenvalue weighted by Crippen LogP contribution is -2.14. The van der Waals surface area contributed by atoms with Crippen LogP contribution in [-0.4, -0.2) is 15.0 Å². The van der Waals surface area contributed by atoms with Crippen LogP contribution in [0.15, 0.2) is 185 Å². The first-order valence-electron chi connectivity index (χ1n) is 20.0. The second-order valence-electron chi connectivity index (χ2n) is 16.0. The number of fused-ring (bicyclic) bond motifs is 9. The van der Waals surface area contributed by atoms with Crippen molar-refractivity contribution in [3.63, 3.8) is 0 Å². The van der Waals surface area contributed by atoms with E-state index < -0.39 is 0 Å². The smallest absolute Gasteiger partial charge is 0.164 e. The first-order valence-corrected chi connectivity index (χ1v) is 20.0. The van der Waals surface area contributed by atoms with Crippen molar-refractivity contribution in [1.82, 2.24) is 15.0 Å². The molecule has 0 atom stereocenters. The summed E-state index contributed by atoms with van der Waals surface area (Å²) in [6.07, 6.45) is 0. The fourth-order valence-electron chi connectivity index (χ4n) is 9.27. The van der Waals surface area contributed by atoms with E-state index >= 15 is 0 Å². The fourth-order valence-corrected chi connectivity index (χ4v) is 9.27. The molecule has 8 aromatic carbocycles. The van der Waals surface area contributed by atoms with Crippen molar-refractivity contribution in [2.45, 2.75) is 19.3 Å². The molecule has 11 aromatic rings. The van der Waals surface area contributed by atoms with E-state index in [1.807, 2.05) is 42.5 Å². The Balaban J connectivity index is 1.04. The molecule has 0 saturated carbocycles. The molecule has 0 spiro atoms. The summed E-state index contributed by atoms with van der Waals surface area (Å²) in [4.78, 5) is 15.6. The predicted octanol–water partition coefficient (Wildman–Crippen LogP) is 14.3. The van der Waals surface area contributed by atoms with Crippen molar-refractivity contribution in [2.75, 3.05) is 0 Å². The zero-order valence-corrected chi connectivity index (χ0v) is 32.4. The largest absolute Gasteiger partial charge is 0.456 e. The molecule has 0 fully saturated rings. The van der Waals surface area contributed by atoms with Gasteiger partial charge in [-0.2, -0.15) is 0 Å². The van der Waals surface area contributed by atoms with Crippen LogP contribution in [0.1, 0.15) is 25.0 Å². The van der Waals surface area contributed by atoms with Crippen LogP contribution in [0.2, 0.25) is 0 Å². The van der Waals surface area contributed by atoms with Gasteiger partial charge in [0.25, 0.3) is 0 Å². The number of nitrogens with zero attached hydrogens (tertiary/aromatic N) is 3. The SMILES string of the molecule is CC1(C)c2ccccc2-c2c(-c3cccc(-c4nc(-c5ccc6c(c5)oc5cccc(-c7ccccc7)c56)nc(-c5ccc6oc7ccccc7c6c5)n4)c3)cccc21. The van der Waals surface area contributed by atoms with Crippen LogP contribution in [0.3, 0.4) is 0 Å². The number of aromatic nitrogens is 3. The number of para-hydroxylation sites is 1. The number of furan rings is 2. The van der Waals surface area contributed by atoms with Crippen molar-refractivity contribution < 1.29 is 8.83 Å². The van der Waals surface area contributed by atoms with Crippen LogP contribution in [0, 0.1) is 0 Å². The summed E-state index contributed by atoms with van der Waals surface area (Å²) in [7, 11) is 0. The maximum Gasteiger partial charge on any atom is 0.164 e. The summed E-state index contributed by atoms with van der Waals surface area (Å²) in [5, 5.41) is 4.20. The van der Waals surface area contributed by atoms with Crippen molar-refractivity contribution in [3.05, 3.63) is 187 Å². The number of hydrogen-bond donors (Lipinski definition) is 0. The van der Waals surface area contributed by atoms with Crippen LogP contribution >= 0.6 is 0 Å². The normalized spacial score (nSPS) is 13.1. The zero-order chi connectivity index (χ0) is 39.2. The van der Waals surface area contributed by atoms with E-state index in [1.165, 1.54) is 27.8 Å². The lowest BCUT2D eigenvalue weighted by molar-refractivity contribution is 0.660. The molecule has 0 saturated heterocycles. The molecule has 0 N–H and O–H groups in total. The predicted molar refractivity (Wildman–Crippen MR) is 239 cm³/mol. The highest BCUT2D eigenvalue weighted by Crippen LogP contribution is 2.52. The Morgan fingerprint density at radius 2 is 0.932 bits per heavy atom. The third kappa shape index (κ3) is 5.21. The third-order valence-corrected chi connectivity index (χ3v) is 12.1. The van der Waals surface area contributed by atoms with E-state index in [0.29, 0.717) is 17.5 Å². The van der Waals surface area contributed by atoms with Crippen molar-refractivity contribution in [2.24, 2.45) is 0 Å². The topological polar surface area (TPSA) is 65.0 Å². The molecule has 5 nitrogen and oxygen atoms in total. The highest BCUT2D eigenvalue weighted by molar-refractivity contribution is 6.13. The Bertz CT molecular complexity index is 3480. The van der Waals surface area contributed by atoms with Gasteiger partial charge >= 0.3 is 0 Å². The maximum absolute atomic E-state index is 6.55. The summed E-state index contributed by atoms with van der Waals surface area (Å²) in [6, 6.07) is 61.3. The van der Waals surface area contributed by atoms with Gasteiger partial charge in [-0.15, -0.1) is 0 Å². The van der Waals surface area contributed by atoms with E-state index in [1.54, 1.807) is 0 Å². The van der Waals surface area contributed by atoms with Gasteiger partial charge in [0, 0.05) is 43.7 Å². The molecule has 0 bridgehead atoms. The molecular formula is C54H35N3O2. The molecule has 3 heterocycles. The second-order valence-corrected chi connectivity index (χ2v) is 16.0. The molecule has 59 heavy (non-hydrogen) atoms. The lowest BCUT2D eigenvalue weighted by Gasteiger charge is -2.21. The van der Waals surface area contributed by atoms with E-state index in [9.17, 15) is 0 Å². The zero-order valence-electron chi connectivity index (χ0n) is 32.4. The molecule has 12 rings (SSSR count). The van der Waals surface area contributed by atoms with Gasteiger partial charge in [0.2, 0.25) is 0 Å². The molecular weight excluding hydrogens is 723 g/mol. The van der Waals surface area contributed by atoms with Gasteiger partial charge in [-0.05, 0) is 93.0 Å². The Morgan fingerprint density at radius 3 is 1.80 bits per heavy atom. The minimum absolute atomic E-state index is 0.0942. The van der Waals surface area contributed by atoms with Gasteiger partial charge in [0.1, 0.15) is 22.3 Å². The summed E-state index contributed by atoms with van der Waals surface area (Å²) in [5.74, 6) is 1.73. The van der Waals surface area contributed by atoms with Crippen molar-refractivity contribution in [1.29, 1.82) is 0 Å². The summed E-state index contributed by atoms with van der Waals surface area (Å²) < 4.78 is 12.7. The minimum Gasteiger partial charge on any atom is -0.456 e. The minimum atomic E-state index is -0.0942. The molecule has 278 valence electrons. The van der Waals surface area contributed by atoms with Crippen LogP contribution in [0.5, 0.6) is 0 Å². The number of hydrogen-bond acceptors (Lipinski definition) is 5. The number of rotatable bonds is 5. The standard InChI is InChI=1S/C54H35N3O2/c1-54(2)43-21-8-6-18-40(43)49-38(19-11-22-44(49)54)33-15-10-16-34(29-33)51-55-52(35-26-28-46-42(30-35)39-17-7-9-23-45(39)58-46)57-53(56-51)36-25-27-41-48(31-36)59-47-24-12-20-37(50(41)47)32-13-4-3-5-14-32/h3-31H,1-2H3. The monoisotopic (exact) mass is 757 g/mol. The van der Waals surface area contributed by atoms with Gasteiger partial charge in [-0.3, -0.25) is 0 Å². The lowest BCUT2D eigenvalue weighted by atomic mass is 9.82. The van der Waals surface area contributed by atoms with Crippen molar-refractivity contribution >= 4 is 43.9 Å². The molecule has 0 aliphatic heterocycles. The van der Waals surface area contributed by atoms with Crippen molar-refractivity contribution in [3.8, 4) is 67.5 Å². The Morgan fingerprint density at radius 1 is 0.356 bits per heavy atom. The highest BCUT2D eigenvalue weighted by Gasteiger charge is 2.36. The third-order valence-electron chi connectivity index (χ3n) is 12.1.